The highest BCUT2D eigenvalue weighted by Gasteiger charge is 2.18. The van der Waals surface area contributed by atoms with Crippen molar-refractivity contribution in [2.24, 2.45) is 0 Å². The summed E-state index contributed by atoms with van der Waals surface area (Å²) < 4.78 is 0. The summed E-state index contributed by atoms with van der Waals surface area (Å²) in [6.07, 6.45) is 0.742. The number of aromatic carboxylic acids is 1. The molecule has 1 aromatic heterocycles. The van der Waals surface area contributed by atoms with Gasteiger partial charge in [0.2, 0.25) is 0 Å². The number of rotatable bonds is 5. The Bertz CT molecular complexity index is 608. The minimum absolute atomic E-state index is 0.279. The Morgan fingerprint density at radius 1 is 1.35 bits per heavy atom. The molecule has 4 nitrogen and oxygen atoms in total. The minimum Gasteiger partial charge on any atom is -0.477 e. The number of carboxylic acids is 1. The first-order chi connectivity index (χ1) is 9.47. The molecule has 2 rings (SSSR count). The molecule has 0 amide bonds. The third-order valence-electron chi connectivity index (χ3n) is 2.76. The molecule has 0 saturated heterocycles. The van der Waals surface area contributed by atoms with Gasteiger partial charge in [-0.25, -0.2) is 9.78 Å². The number of aromatic nitrogens is 1. The van der Waals surface area contributed by atoms with E-state index in [4.69, 9.17) is 11.6 Å². The molecule has 1 aromatic carbocycles. The van der Waals surface area contributed by atoms with E-state index in [1.807, 2.05) is 19.0 Å². The van der Waals surface area contributed by atoms with Gasteiger partial charge in [0.15, 0.2) is 0 Å². The van der Waals surface area contributed by atoms with Crippen molar-refractivity contribution >= 4 is 28.9 Å². The topological polar surface area (TPSA) is 53.4 Å². The Hall–Kier alpha value is -1.43. The van der Waals surface area contributed by atoms with Crippen molar-refractivity contribution in [3.63, 3.8) is 0 Å². The van der Waals surface area contributed by atoms with Crippen molar-refractivity contribution in [3.8, 4) is 11.3 Å². The summed E-state index contributed by atoms with van der Waals surface area (Å²) in [4.78, 5) is 18.1. The molecule has 0 fully saturated rings. The van der Waals surface area contributed by atoms with Crippen LogP contribution in [0.5, 0.6) is 0 Å². The predicted molar refractivity (Wildman–Crippen MR) is 81.8 cm³/mol. The number of halogens is 1. The molecule has 20 heavy (non-hydrogen) atoms. The van der Waals surface area contributed by atoms with Gasteiger partial charge < -0.3 is 10.0 Å². The second kappa shape index (κ2) is 6.35. The van der Waals surface area contributed by atoms with Gasteiger partial charge in [0, 0.05) is 23.6 Å². The largest absolute Gasteiger partial charge is 0.477 e. The van der Waals surface area contributed by atoms with Gasteiger partial charge in [-0.15, -0.1) is 11.3 Å². The van der Waals surface area contributed by atoms with E-state index in [9.17, 15) is 9.90 Å². The fourth-order valence-corrected chi connectivity index (χ4v) is 2.78. The number of carbonyl (C=O) groups is 1. The maximum atomic E-state index is 11.3. The SMILES string of the molecule is CN(C)CCc1nc(-c2ccc(Cl)cc2)c(C(=O)O)s1. The molecule has 1 N–H and O–H groups in total. The highest BCUT2D eigenvalue weighted by molar-refractivity contribution is 7.14. The Morgan fingerprint density at radius 3 is 2.55 bits per heavy atom. The number of hydrogen-bond donors (Lipinski definition) is 1. The van der Waals surface area contributed by atoms with Gasteiger partial charge >= 0.3 is 5.97 Å². The number of carboxylic acid groups (broad SMARTS) is 1. The molecule has 106 valence electrons. The number of nitrogens with zero attached hydrogens (tertiary/aromatic N) is 2. The van der Waals surface area contributed by atoms with Crippen LogP contribution in [0.3, 0.4) is 0 Å². The molecule has 1 heterocycles. The fourth-order valence-electron chi connectivity index (χ4n) is 1.74. The van der Waals surface area contributed by atoms with E-state index < -0.39 is 5.97 Å². The van der Waals surface area contributed by atoms with Crippen LogP contribution in [-0.2, 0) is 6.42 Å². The summed E-state index contributed by atoms with van der Waals surface area (Å²) >= 11 is 7.09. The van der Waals surface area contributed by atoms with Gasteiger partial charge in [0.25, 0.3) is 0 Å². The highest BCUT2D eigenvalue weighted by atomic mass is 35.5. The monoisotopic (exact) mass is 310 g/mol. The third-order valence-corrected chi connectivity index (χ3v) is 4.11. The summed E-state index contributed by atoms with van der Waals surface area (Å²) in [6.45, 7) is 0.840. The molecule has 0 aliphatic heterocycles. The summed E-state index contributed by atoms with van der Waals surface area (Å²) in [5, 5.41) is 10.8. The van der Waals surface area contributed by atoms with Crippen LogP contribution in [0, 0.1) is 0 Å². The molecular weight excluding hydrogens is 296 g/mol. The number of thiazole rings is 1. The van der Waals surface area contributed by atoms with Crippen LogP contribution in [0.4, 0.5) is 0 Å². The van der Waals surface area contributed by atoms with Crippen molar-refractivity contribution in [1.29, 1.82) is 0 Å². The summed E-state index contributed by atoms with van der Waals surface area (Å²) in [6, 6.07) is 7.06. The number of likely N-dealkylation sites (N-methyl/N-ethyl adjacent to an activating group) is 1. The van der Waals surface area contributed by atoms with Gasteiger partial charge in [-0.1, -0.05) is 23.7 Å². The molecule has 0 spiro atoms. The fraction of sp³-hybridized carbons (Fsp3) is 0.286. The van der Waals surface area contributed by atoms with E-state index in [-0.39, 0.29) is 4.88 Å². The van der Waals surface area contributed by atoms with Gasteiger partial charge in [-0.3, -0.25) is 0 Å². The number of hydrogen-bond acceptors (Lipinski definition) is 4. The quantitative estimate of drug-likeness (QED) is 0.921. The first-order valence-corrected chi connectivity index (χ1v) is 7.30. The van der Waals surface area contributed by atoms with E-state index in [2.05, 4.69) is 4.98 Å². The maximum Gasteiger partial charge on any atom is 0.348 e. The zero-order valence-corrected chi connectivity index (χ0v) is 12.8. The van der Waals surface area contributed by atoms with Crippen molar-refractivity contribution in [2.75, 3.05) is 20.6 Å². The second-order valence-electron chi connectivity index (χ2n) is 4.65. The van der Waals surface area contributed by atoms with Crippen molar-refractivity contribution in [3.05, 3.63) is 39.2 Å². The van der Waals surface area contributed by atoms with Crippen LogP contribution < -0.4 is 0 Å². The highest BCUT2D eigenvalue weighted by Crippen LogP contribution is 2.29. The van der Waals surface area contributed by atoms with Crippen molar-refractivity contribution in [1.82, 2.24) is 9.88 Å². The Kier molecular flexibility index (Phi) is 4.75. The Labute approximate surface area is 126 Å². The normalized spacial score (nSPS) is 11.0. The smallest absolute Gasteiger partial charge is 0.348 e. The molecule has 0 saturated carbocycles. The van der Waals surface area contributed by atoms with Crippen LogP contribution in [0.15, 0.2) is 24.3 Å². The third kappa shape index (κ3) is 3.56. The zero-order valence-electron chi connectivity index (χ0n) is 11.3. The minimum atomic E-state index is -0.941. The van der Waals surface area contributed by atoms with Crippen LogP contribution in [0.2, 0.25) is 5.02 Å². The van der Waals surface area contributed by atoms with E-state index in [0.717, 1.165) is 23.5 Å². The molecule has 0 unspecified atom stereocenters. The van der Waals surface area contributed by atoms with Gasteiger partial charge in [0.1, 0.15) is 4.88 Å². The average molecular weight is 311 g/mol. The molecule has 6 heteroatoms. The lowest BCUT2D eigenvalue weighted by atomic mass is 10.1. The lowest BCUT2D eigenvalue weighted by Crippen LogP contribution is -2.14. The Balaban J connectivity index is 2.35. The van der Waals surface area contributed by atoms with Crippen LogP contribution in [0.1, 0.15) is 14.7 Å². The predicted octanol–water partition coefficient (Wildman–Crippen LogP) is 3.27. The molecule has 0 aliphatic rings. The molecule has 0 radical (unpaired) electrons. The average Bonchev–Trinajstić information content (AvgIpc) is 2.81. The standard InChI is InChI=1S/C14H15ClN2O2S/c1-17(2)8-7-11-16-12(13(20-11)14(18)19)9-3-5-10(15)6-4-9/h3-6H,7-8H2,1-2H3,(H,18,19). The lowest BCUT2D eigenvalue weighted by molar-refractivity contribution is 0.0702. The van der Waals surface area contributed by atoms with Crippen LogP contribution >= 0.6 is 22.9 Å². The summed E-state index contributed by atoms with van der Waals surface area (Å²) in [7, 11) is 3.96. The number of benzene rings is 1. The molecule has 0 aliphatic carbocycles. The van der Waals surface area contributed by atoms with Gasteiger partial charge in [-0.05, 0) is 26.2 Å². The summed E-state index contributed by atoms with van der Waals surface area (Å²) in [5.41, 5.74) is 1.30. The van der Waals surface area contributed by atoms with Crippen molar-refractivity contribution in [2.45, 2.75) is 6.42 Å². The van der Waals surface area contributed by atoms with Gasteiger partial charge in [-0.2, -0.15) is 0 Å². The first kappa shape index (κ1) is 15.0. The van der Waals surface area contributed by atoms with E-state index >= 15 is 0 Å². The molecule has 2 aromatic rings. The van der Waals surface area contributed by atoms with E-state index in [1.54, 1.807) is 24.3 Å². The first-order valence-electron chi connectivity index (χ1n) is 6.11. The van der Waals surface area contributed by atoms with Crippen molar-refractivity contribution < 1.29 is 9.90 Å². The zero-order chi connectivity index (χ0) is 14.7. The molecular formula is C14H15ClN2O2S. The van der Waals surface area contributed by atoms with Gasteiger partial charge in [0.05, 0.1) is 10.7 Å². The Morgan fingerprint density at radius 2 is 2.00 bits per heavy atom. The molecule has 0 bridgehead atoms. The van der Waals surface area contributed by atoms with Crippen LogP contribution in [-0.4, -0.2) is 41.6 Å². The second-order valence-corrected chi connectivity index (χ2v) is 6.17. The van der Waals surface area contributed by atoms with E-state index in [1.165, 1.54) is 11.3 Å². The lowest BCUT2D eigenvalue weighted by Gasteiger charge is -2.06. The molecule has 0 atom stereocenters. The van der Waals surface area contributed by atoms with E-state index in [0.29, 0.717) is 10.7 Å². The van der Waals surface area contributed by atoms with Crippen LogP contribution in [0.25, 0.3) is 11.3 Å². The maximum absolute atomic E-state index is 11.3. The summed E-state index contributed by atoms with van der Waals surface area (Å²) in [5.74, 6) is -0.941.